The number of rotatable bonds is 4. The molecule has 1 aromatic heterocycles. The molecule has 2 bridgehead atoms. The highest BCUT2D eigenvalue weighted by molar-refractivity contribution is 6.31. The number of ether oxygens (including phenoxy) is 1. The predicted octanol–water partition coefficient (Wildman–Crippen LogP) is 4.81. The van der Waals surface area contributed by atoms with Crippen LogP contribution in [0.5, 0.6) is 0 Å². The standard InChI is InChI=1S/C29H29ClN4O4/c1-29(2,3)38-28(37)34-20-8-6-17(13-20)25(34)26(35)32-19(15-31)11-16-5-9-21-22-10-7-18(30)14-24(22)33(4)27(36)23(21)12-16/h5,7,9-10,12-14,17,19,25H,6,8,11H2,1-4H3,(H,32,35). The zero-order valence-corrected chi connectivity index (χ0v) is 22.5. The van der Waals surface area contributed by atoms with Crippen LogP contribution in [0.3, 0.4) is 0 Å². The molecule has 0 saturated carbocycles. The van der Waals surface area contributed by atoms with Crippen LogP contribution in [0, 0.1) is 17.2 Å². The molecule has 8 nitrogen and oxygen atoms in total. The molecule has 0 saturated heterocycles. The van der Waals surface area contributed by atoms with E-state index in [1.807, 2.05) is 24.3 Å². The number of fused-ring (bicyclic) bond motifs is 4. The largest absolute Gasteiger partial charge is 0.443 e. The lowest BCUT2D eigenvalue weighted by Gasteiger charge is -2.35. The number of aromatic nitrogens is 1. The third-order valence-electron chi connectivity index (χ3n) is 7.13. The Kier molecular flexibility index (Phi) is 6.44. The second-order valence-electron chi connectivity index (χ2n) is 11.0. The SMILES string of the molecule is Cn1c(=O)c2cc(CC(C#N)NC(=O)C3C4C=C(CC4)N3C(=O)OC(C)(C)C)ccc2c2ccc(Cl)cc21. The van der Waals surface area contributed by atoms with Gasteiger partial charge in [-0.2, -0.15) is 5.26 Å². The van der Waals surface area contributed by atoms with Crippen LogP contribution in [-0.4, -0.2) is 39.2 Å². The fourth-order valence-corrected chi connectivity index (χ4v) is 5.62. The van der Waals surface area contributed by atoms with Crippen molar-refractivity contribution >= 4 is 45.3 Å². The number of likely N-dealkylation sites (tertiary alicyclic amines) is 1. The lowest BCUT2D eigenvalue weighted by atomic mass is 9.95. The number of carbonyl (C=O) groups excluding carboxylic acids is 2. The van der Waals surface area contributed by atoms with Crippen LogP contribution in [0.15, 0.2) is 53.0 Å². The van der Waals surface area contributed by atoms with E-state index in [2.05, 4.69) is 11.4 Å². The third kappa shape index (κ3) is 4.63. The first-order valence-corrected chi connectivity index (χ1v) is 13.0. The molecule has 3 unspecified atom stereocenters. The number of nitriles is 1. The van der Waals surface area contributed by atoms with E-state index >= 15 is 0 Å². The Bertz CT molecular complexity index is 1610. The van der Waals surface area contributed by atoms with Gasteiger partial charge in [0.05, 0.1) is 11.6 Å². The maximum absolute atomic E-state index is 13.4. The third-order valence-corrected chi connectivity index (χ3v) is 7.37. The first kappa shape index (κ1) is 25.8. The van der Waals surface area contributed by atoms with Crippen molar-refractivity contribution in [2.75, 3.05) is 0 Å². The summed E-state index contributed by atoms with van der Waals surface area (Å²) in [7, 11) is 1.70. The molecule has 2 heterocycles. The van der Waals surface area contributed by atoms with E-state index in [9.17, 15) is 19.6 Å². The minimum atomic E-state index is -0.840. The van der Waals surface area contributed by atoms with Gasteiger partial charge in [-0.25, -0.2) is 4.79 Å². The van der Waals surface area contributed by atoms with E-state index in [4.69, 9.17) is 16.3 Å². The van der Waals surface area contributed by atoms with Gasteiger partial charge in [0, 0.05) is 40.9 Å². The maximum atomic E-state index is 13.4. The number of nitrogens with zero attached hydrogens (tertiary/aromatic N) is 3. The number of piperidine rings is 1. The average Bonchev–Trinajstić information content (AvgIpc) is 3.48. The van der Waals surface area contributed by atoms with Gasteiger partial charge >= 0.3 is 6.09 Å². The molecular formula is C29H29ClN4O4. The monoisotopic (exact) mass is 532 g/mol. The van der Waals surface area contributed by atoms with Gasteiger partial charge in [-0.05, 0) is 62.8 Å². The minimum Gasteiger partial charge on any atom is -0.443 e. The smallest absolute Gasteiger partial charge is 0.415 e. The Hall–Kier alpha value is -3.83. The van der Waals surface area contributed by atoms with Crippen LogP contribution in [0.25, 0.3) is 21.7 Å². The summed E-state index contributed by atoms with van der Waals surface area (Å²) >= 11 is 6.14. The molecule has 3 aromatic rings. The molecule has 1 aliphatic heterocycles. The number of allylic oxidation sites excluding steroid dienone is 1. The van der Waals surface area contributed by atoms with Gasteiger partial charge in [-0.3, -0.25) is 14.5 Å². The van der Waals surface area contributed by atoms with E-state index in [0.29, 0.717) is 16.8 Å². The molecule has 38 heavy (non-hydrogen) atoms. The van der Waals surface area contributed by atoms with Crippen LogP contribution < -0.4 is 10.9 Å². The van der Waals surface area contributed by atoms with Gasteiger partial charge in [0.25, 0.3) is 5.56 Å². The Labute approximate surface area is 225 Å². The molecule has 1 N–H and O–H groups in total. The van der Waals surface area contributed by atoms with Gasteiger partial charge in [0.2, 0.25) is 5.91 Å². The topological polar surface area (TPSA) is 104 Å². The second kappa shape index (κ2) is 9.48. The lowest BCUT2D eigenvalue weighted by Crippen LogP contribution is -2.54. The van der Waals surface area contributed by atoms with Crippen molar-refractivity contribution in [1.29, 1.82) is 5.26 Å². The van der Waals surface area contributed by atoms with Gasteiger partial charge in [0.15, 0.2) is 0 Å². The van der Waals surface area contributed by atoms with E-state index < -0.39 is 29.7 Å². The Morgan fingerprint density at radius 3 is 2.63 bits per heavy atom. The number of nitrogens with one attached hydrogen (secondary N) is 1. The lowest BCUT2D eigenvalue weighted by molar-refractivity contribution is -0.127. The molecule has 0 radical (unpaired) electrons. The second-order valence-corrected chi connectivity index (χ2v) is 11.4. The predicted molar refractivity (Wildman–Crippen MR) is 146 cm³/mol. The molecule has 1 aliphatic carbocycles. The van der Waals surface area contributed by atoms with E-state index in [0.717, 1.165) is 34.0 Å². The first-order chi connectivity index (χ1) is 18.0. The van der Waals surface area contributed by atoms with Crippen LogP contribution in [0.4, 0.5) is 4.79 Å². The Morgan fingerprint density at radius 2 is 1.92 bits per heavy atom. The summed E-state index contributed by atoms with van der Waals surface area (Å²) in [4.78, 5) is 40.8. The number of carbonyl (C=O) groups is 2. The number of hydrogen-bond acceptors (Lipinski definition) is 5. The quantitative estimate of drug-likeness (QED) is 0.486. The van der Waals surface area contributed by atoms with Crippen molar-refractivity contribution in [2.24, 2.45) is 13.0 Å². The van der Waals surface area contributed by atoms with Crippen LogP contribution in [0.2, 0.25) is 5.02 Å². The van der Waals surface area contributed by atoms with Crippen LogP contribution in [0.1, 0.15) is 39.2 Å². The molecule has 3 atom stereocenters. The molecule has 0 fully saturated rings. The zero-order valence-electron chi connectivity index (χ0n) is 21.7. The van der Waals surface area contributed by atoms with Crippen molar-refractivity contribution in [1.82, 2.24) is 14.8 Å². The van der Waals surface area contributed by atoms with Crippen molar-refractivity contribution < 1.29 is 14.3 Å². The zero-order chi connectivity index (χ0) is 27.4. The fraction of sp³-hybridized carbons (Fsp3) is 0.379. The molecule has 196 valence electrons. The maximum Gasteiger partial charge on any atom is 0.415 e. The molecular weight excluding hydrogens is 504 g/mol. The summed E-state index contributed by atoms with van der Waals surface area (Å²) in [6.07, 6.45) is 3.09. The van der Waals surface area contributed by atoms with Crippen LogP contribution in [-0.2, 0) is 23.0 Å². The number of benzene rings is 2. The number of amides is 2. The fourth-order valence-electron chi connectivity index (χ4n) is 5.45. The molecule has 5 rings (SSSR count). The molecule has 2 amide bonds. The number of halogens is 1. The number of hydrogen-bond donors (Lipinski definition) is 1. The molecule has 2 aliphatic rings. The number of pyridine rings is 1. The average molecular weight is 533 g/mol. The van der Waals surface area contributed by atoms with E-state index in [1.165, 1.54) is 4.90 Å². The van der Waals surface area contributed by atoms with E-state index in [-0.39, 0.29) is 17.9 Å². The summed E-state index contributed by atoms with van der Waals surface area (Å²) < 4.78 is 7.10. The highest BCUT2D eigenvalue weighted by atomic mass is 35.5. The minimum absolute atomic E-state index is 0.109. The molecule has 2 aromatic carbocycles. The van der Waals surface area contributed by atoms with Crippen molar-refractivity contribution in [3.63, 3.8) is 0 Å². The van der Waals surface area contributed by atoms with Crippen molar-refractivity contribution in [2.45, 2.75) is 57.7 Å². The van der Waals surface area contributed by atoms with Gasteiger partial charge in [-0.15, -0.1) is 0 Å². The molecule has 0 spiro atoms. The summed E-state index contributed by atoms with van der Waals surface area (Å²) in [5, 5.41) is 15.4. The Balaban J connectivity index is 1.38. The normalized spacial score (nSPS) is 19.4. The van der Waals surface area contributed by atoms with Crippen LogP contribution >= 0.6 is 11.6 Å². The van der Waals surface area contributed by atoms with Crippen molar-refractivity contribution in [3.8, 4) is 6.07 Å². The summed E-state index contributed by atoms with van der Waals surface area (Å²) in [6.45, 7) is 5.34. The Morgan fingerprint density at radius 1 is 1.18 bits per heavy atom. The van der Waals surface area contributed by atoms with E-state index in [1.54, 1.807) is 50.6 Å². The highest BCUT2D eigenvalue weighted by Crippen LogP contribution is 2.41. The summed E-state index contributed by atoms with van der Waals surface area (Å²) in [5.74, 6) is -0.500. The van der Waals surface area contributed by atoms with Gasteiger partial charge in [-0.1, -0.05) is 35.9 Å². The summed E-state index contributed by atoms with van der Waals surface area (Å²) in [5.41, 5.74) is 1.40. The first-order valence-electron chi connectivity index (χ1n) is 12.6. The number of aryl methyl sites for hydroxylation is 1. The van der Waals surface area contributed by atoms with Gasteiger partial charge in [0.1, 0.15) is 17.7 Å². The highest BCUT2D eigenvalue weighted by Gasteiger charge is 2.48. The van der Waals surface area contributed by atoms with Gasteiger partial charge < -0.3 is 14.6 Å². The molecule has 9 heteroatoms. The van der Waals surface area contributed by atoms with Crippen molar-refractivity contribution in [3.05, 3.63) is 69.1 Å². The summed E-state index contributed by atoms with van der Waals surface area (Å²) in [6, 6.07) is 11.5.